The number of methoxy groups -OCH3 is 3. The van der Waals surface area contributed by atoms with E-state index in [4.69, 9.17) is 85.3 Å². The number of hydrogen-bond donors (Lipinski definition) is 10. The molecule has 1 aromatic heterocycles. The summed E-state index contributed by atoms with van der Waals surface area (Å²) in [5.74, 6) is -7.84. The molecule has 0 radical (unpaired) electrons. The van der Waals surface area contributed by atoms with E-state index in [2.05, 4.69) is 109 Å². The molecule has 12 N–H and O–H groups in total. The first-order valence-corrected chi connectivity index (χ1v) is 51.2. The average molecular weight is 2270 g/mol. The molecule has 2 heterocycles. The Morgan fingerprint density at radius 1 is 0.619 bits per heavy atom. The number of aromatic nitrogens is 3. The molecule has 0 saturated heterocycles. The number of alkyl carbamates (subject to hydrolysis) is 1. The predicted molar refractivity (Wildman–Crippen MR) is 542 cm³/mol. The van der Waals surface area contributed by atoms with Crippen LogP contribution < -0.4 is 58.7 Å². The van der Waals surface area contributed by atoms with Gasteiger partial charge >= 0.3 is 71.7 Å². The van der Waals surface area contributed by atoms with Crippen LogP contribution in [0.25, 0.3) is 20.9 Å². The van der Waals surface area contributed by atoms with Crippen LogP contribution in [0, 0.1) is 52.8 Å². The third-order valence-electron chi connectivity index (χ3n) is 20.5. The number of esters is 4. The van der Waals surface area contributed by atoms with Gasteiger partial charge in [0.05, 0.1) is 113 Å². The number of fused-ring (bicyclic) bond motifs is 2. The molecule has 0 aliphatic carbocycles. The number of ether oxygens (including phenoxy) is 8. The number of terminal acetylenes is 2. The van der Waals surface area contributed by atoms with Gasteiger partial charge < -0.3 is 115 Å². The van der Waals surface area contributed by atoms with Crippen LogP contribution in [-0.2, 0) is 159 Å². The Hall–Kier alpha value is -10.7. The van der Waals surface area contributed by atoms with Gasteiger partial charge in [0.15, 0.2) is 23.1 Å². The van der Waals surface area contributed by atoms with Gasteiger partial charge in [-0.2, -0.15) is 0 Å². The predicted octanol–water partition coefficient (Wildman–Crippen LogP) is 6.24. The third kappa shape index (κ3) is 60.0. The average Bonchev–Trinajstić information content (AvgIpc) is 0.885. The summed E-state index contributed by atoms with van der Waals surface area (Å²) in [7, 11) is 2.52. The number of nitrogens with zero attached hydrogens (tertiary/aromatic N) is 9. The molecule has 0 aromatic carbocycles. The van der Waals surface area contributed by atoms with Gasteiger partial charge in [-0.25, -0.2) is 14.4 Å². The van der Waals surface area contributed by atoms with E-state index in [0.717, 1.165) is 6.92 Å². The molecule has 0 spiro atoms. The minimum atomic E-state index is -1.59. The monoisotopic (exact) mass is 2270 g/mol. The van der Waals surface area contributed by atoms with Crippen molar-refractivity contribution in [3.63, 3.8) is 0 Å². The number of azide groups is 2. The summed E-state index contributed by atoms with van der Waals surface area (Å²) >= 11 is 5.87. The van der Waals surface area contributed by atoms with Crippen molar-refractivity contribution in [3.05, 3.63) is 32.8 Å². The van der Waals surface area contributed by atoms with Gasteiger partial charge in [0.2, 0.25) is 47.3 Å². The van der Waals surface area contributed by atoms with Crippen LogP contribution >= 0.6 is 28.9 Å². The molecule has 2 rings (SSSR count). The standard InChI is InChI=1S/C32H51N5O9.C29H48N8O9.C26H42N6O7.C6H15O3P.C2H4O2.Cu.HI/c1-12-16-45-20-22(23(38)18-31(7,8)28(43)44-11)35-27(42)30(5,6)19-24(39)32(9,10)36-26(41)21(14-13-15-34-37-33)17-25(40)46-29(2,3)4;1-26(2,3)46-25(43)31-18-12-11-13-37-14-17(35-36-37)15-45-16-19(21(39)33-29(8,9)24(42)44-10)30-22(40)27(4,5)34-23(41)28(6,7)32-20(18)38;1-9-13-39-16-17(21(35)30-26(6,7)23(37)38-8)14-20(34)25(4,5)31-22(36)24(2,3)15-19(33)18(27)11-10-12-29-32-28;1-4-7-10(8-5-2)9-6-3;1-2(3)4;;/h1,21-22H,13-20H2,2-11H3,(H,35,42)(H,36,41);14,18-19H,11-13,15-16H2,1-10H3,(H,30,40)(H,31,43)(H,32,38)(H,33,39)(H,34,41);1,17-18H,10-16,27H2,2-8H3,(H,30,35)(H,31,36);4-6H2,1-3H3;1H3,(H,3,4);;1H/q;;;;;+1;/p-1/t21-,22+;18-,19-;17-,18-;;;;/m100..../s1. The number of carbonyl (C=O) groups excluding carboxylic acids is 18. The first-order valence-electron chi connectivity index (χ1n) is 47.1. The van der Waals surface area contributed by atoms with Crippen LogP contribution in [0.1, 0.15) is 270 Å². The number of amides is 9. The Bertz CT molecular complexity index is 4660. The number of hydrogen-bond acceptors (Lipinski definition) is 34. The topological polar surface area (TPSA) is 696 Å². The summed E-state index contributed by atoms with van der Waals surface area (Å²) in [5.41, 5.74) is 7.19. The van der Waals surface area contributed by atoms with Crippen LogP contribution in [-0.4, -0.2) is 277 Å². The fraction of sp³-hybridized carbons (Fsp3) is 0.747. The zero-order chi connectivity index (χ0) is 115. The number of halogens is 1. The van der Waals surface area contributed by atoms with Crippen LogP contribution in [0.5, 0.6) is 0 Å². The first-order chi connectivity index (χ1) is 67.6. The molecule has 49 nitrogen and oxygen atoms in total. The maximum atomic E-state index is 13.5. The van der Waals surface area contributed by atoms with E-state index < -0.39 is 206 Å². The molecule has 52 heteroatoms. The molecular formula is C95H160CuIN19O30P. The van der Waals surface area contributed by atoms with Crippen LogP contribution in [0.15, 0.2) is 16.4 Å². The Balaban J connectivity index is -0.000000970. The number of nitrogens with one attached hydrogen (secondary N) is 9. The second-order valence-electron chi connectivity index (χ2n) is 40.6. The van der Waals surface area contributed by atoms with Crippen molar-refractivity contribution < 1.29 is 161 Å². The summed E-state index contributed by atoms with van der Waals surface area (Å²) in [4.78, 5) is 234. The number of carboxylic acid groups (broad SMARTS) is 1. The summed E-state index contributed by atoms with van der Waals surface area (Å²) < 4.78 is 58.2. The van der Waals surface area contributed by atoms with E-state index in [9.17, 15) is 81.5 Å². The number of Topliss-reactive ketones (excluding diaryl/α,β-unsaturated/α-hetero) is 4. The van der Waals surface area contributed by atoms with Crippen molar-refractivity contribution in [1.29, 1.82) is 0 Å². The van der Waals surface area contributed by atoms with E-state index >= 15 is 0 Å². The molecule has 6 atom stereocenters. The summed E-state index contributed by atoms with van der Waals surface area (Å²) in [5, 5.41) is 47.4. The first kappa shape index (κ1) is 143. The zero-order valence-corrected chi connectivity index (χ0v) is 95.1. The minimum absolute atomic E-state index is 0.0698. The van der Waals surface area contributed by atoms with Gasteiger partial charge in [0.25, 0.3) is 0 Å². The molecule has 838 valence electrons. The third-order valence-corrected chi connectivity index (χ3v) is 21.9. The summed E-state index contributed by atoms with van der Waals surface area (Å²) in [6.07, 6.45) is 12.0. The van der Waals surface area contributed by atoms with E-state index in [0.29, 0.717) is 57.7 Å². The van der Waals surface area contributed by atoms with Crippen molar-refractivity contribution in [2.24, 2.45) is 38.3 Å². The Kier molecular flexibility index (Phi) is 66.8. The molecular weight excluding hydrogens is 2110 g/mol. The molecule has 9 amide bonds. The zero-order valence-electron chi connectivity index (χ0n) is 91.1. The van der Waals surface area contributed by atoms with Crippen LogP contribution in [0.3, 0.4) is 0 Å². The Morgan fingerprint density at radius 2 is 1.07 bits per heavy atom. The fourth-order valence-corrected chi connectivity index (χ4v) is 13.2. The fourth-order valence-electron chi connectivity index (χ4n) is 12.3. The molecule has 0 unspecified atom stereocenters. The van der Waals surface area contributed by atoms with Gasteiger partial charge in [-0.15, -0.1) is 17.9 Å². The maximum absolute atomic E-state index is 13.5. The van der Waals surface area contributed by atoms with Gasteiger partial charge in [-0.3, -0.25) is 71.8 Å². The normalized spacial score (nSPS) is 15.3. The molecule has 147 heavy (non-hydrogen) atoms. The van der Waals surface area contributed by atoms with Gasteiger partial charge in [0.1, 0.15) is 76.4 Å². The summed E-state index contributed by atoms with van der Waals surface area (Å²) in [6.45, 7) is 45.3. The number of quaternary nitrogens is 1. The Morgan fingerprint density at radius 3 is 1.56 bits per heavy atom. The van der Waals surface area contributed by atoms with Gasteiger partial charge in [-0.1, -0.05) is 55.0 Å². The molecule has 0 fully saturated rings. The number of aliphatic carboxylic acids is 1. The Labute approximate surface area is 883 Å². The second-order valence-corrected chi connectivity index (χ2v) is 41.8. The van der Waals surface area contributed by atoms with Crippen molar-refractivity contribution >= 4 is 135 Å². The van der Waals surface area contributed by atoms with Crippen molar-refractivity contribution in [3.8, 4) is 24.7 Å². The number of aryl methyl sites for hydroxylation is 1. The summed E-state index contributed by atoms with van der Waals surface area (Å²) in [6, 6.07) is -4.10. The van der Waals surface area contributed by atoms with Crippen molar-refractivity contribution in [2.75, 3.05) is 87.3 Å². The number of ketones is 4. The number of carbonyl (C=O) groups is 18. The molecule has 1 aliphatic rings. The molecule has 0 saturated carbocycles. The number of rotatable bonds is 48. The van der Waals surface area contributed by atoms with Crippen molar-refractivity contribution in [1.82, 2.24) is 62.8 Å². The van der Waals surface area contributed by atoms with Gasteiger partial charge in [0, 0.05) is 73.4 Å². The molecule has 1 aromatic rings. The van der Waals surface area contributed by atoms with E-state index in [-0.39, 0.29) is 103 Å². The SMILES string of the molecule is C#CCOC[C@H](CC(=O)C(C)(C)NC(=O)C(C)(C)CC(=O)[C@@H]([NH3+])CCCN=[N+]=[N-])C(=O)NC(C)(C)C(=O)OC.C#CCOC[C@H](NC(=O)C(C)(C)CC(=O)C(C)(C)NC(=O)[C@H](CCCN=[N+]=[N-])CC(=O)OC(C)(C)C)C(=O)CC(C)(C)C(=O)OC.CC(=O)[O-].CCOP(OCC)OCC.COC(=O)C(C)(C)NC(=O)[C@@H]1COCc2cn(nn2)CCC[C@H](NC(=O)OC(C)(C)C)C(=O)NC(C)(C)C(=O)NC(C)(C)C(=O)N1.[Cu][I]. The van der Waals surface area contributed by atoms with Crippen LogP contribution in [0.2, 0.25) is 0 Å². The van der Waals surface area contributed by atoms with E-state index in [1.807, 2.05) is 20.8 Å². The second kappa shape index (κ2) is 68.9. The quantitative estimate of drug-likeness (QED) is 0.00329. The molecule has 2 bridgehead atoms. The molecule has 1 aliphatic heterocycles. The van der Waals surface area contributed by atoms with Crippen molar-refractivity contribution in [2.45, 2.75) is 346 Å². The number of carboxylic acids is 1. The van der Waals surface area contributed by atoms with Crippen LogP contribution in [0.4, 0.5) is 4.79 Å². The van der Waals surface area contributed by atoms with E-state index in [1.54, 1.807) is 81.9 Å². The van der Waals surface area contributed by atoms with E-state index in [1.165, 1.54) is 137 Å². The van der Waals surface area contributed by atoms with Gasteiger partial charge in [-0.05, 0) is 209 Å².